The highest BCUT2D eigenvalue weighted by Gasteiger charge is 2.05. The third-order valence-corrected chi connectivity index (χ3v) is 2.76. The monoisotopic (exact) mass is 296 g/mol. The summed E-state index contributed by atoms with van der Waals surface area (Å²) in [7, 11) is 0. The number of aromatic hydroxyl groups is 1. The van der Waals surface area contributed by atoms with E-state index >= 15 is 0 Å². The summed E-state index contributed by atoms with van der Waals surface area (Å²) in [5.74, 6) is -0.116. The van der Waals surface area contributed by atoms with Crippen LogP contribution in [0.5, 0.6) is 11.5 Å². The van der Waals surface area contributed by atoms with Crippen molar-refractivity contribution in [2.24, 2.45) is 0 Å². The molecule has 0 aliphatic rings. The minimum atomic E-state index is -0.413. The van der Waals surface area contributed by atoms with Crippen molar-refractivity contribution in [2.45, 2.75) is 6.61 Å². The van der Waals surface area contributed by atoms with E-state index in [2.05, 4.69) is 15.9 Å². The maximum atomic E-state index is 13.3. The van der Waals surface area contributed by atoms with E-state index < -0.39 is 5.82 Å². The number of hydrogen-bond acceptors (Lipinski definition) is 2. The van der Waals surface area contributed by atoms with Gasteiger partial charge in [-0.1, -0.05) is 34.1 Å². The van der Waals surface area contributed by atoms with Crippen molar-refractivity contribution in [3.63, 3.8) is 0 Å². The molecule has 2 nitrogen and oxygen atoms in total. The van der Waals surface area contributed by atoms with E-state index in [4.69, 9.17) is 4.74 Å². The largest absolute Gasteiger partial charge is 0.507 e. The minimum absolute atomic E-state index is 0.121. The van der Waals surface area contributed by atoms with Gasteiger partial charge < -0.3 is 9.84 Å². The number of hydrogen-bond donors (Lipinski definition) is 1. The maximum Gasteiger partial charge on any atom is 0.165 e. The van der Waals surface area contributed by atoms with E-state index in [1.807, 2.05) is 0 Å². The van der Waals surface area contributed by atoms with Crippen LogP contribution in [-0.4, -0.2) is 5.11 Å². The number of rotatable bonds is 3. The lowest BCUT2D eigenvalue weighted by molar-refractivity contribution is 0.284. The zero-order valence-electron chi connectivity index (χ0n) is 8.86. The van der Waals surface area contributed by atoms with E-state index in [0.29, 0.717) is 5.56 Å². The second-order valence-corrected chi connectivity index (χ2v) is 4.41. The molecule has 0 spiro atoms. The molecule has 2 rings (SSSR count). The molecule has 0 fully saturated rings. The highest BCUT2D eigenvalue weighted by atomic mass is 79.9. The van der Waals surface area contributed by atoms with Crippen LogP contribution in [0.2, 0.25) is 0 Å². The Bertz CT molecular complexity index is 529. The van der Waals surface area contributed by atoms with Crippen LogP contribution in [0.15, 0.2) is 46.9 Å². The van der Waals surface area contributed by atoms with Crippen molar-refractivity contribution in [3.05, 3.63) is 58.3 Å². The van der Waals surface area contributed by atoms with Crippen molar-refractivity contribution in [3.8, 4) is 11.5 Å². The Hall–Kier alpha value is -1.55. The van der Waals surface area contributed by atoms with Gasteiger partial charge in [-0.2, -0.15) is 0 Å². The van der Waals surface area contributed by atoms with Gasteiger partial charge in [0.2, 0.25) is 0 Å². The number of para-hydroxylation sites is 1. The zero-order chi connectivity index (χ0) is 12.3. The number of ether oxygens (including phenoxy) is 1. The molecule has 2 aromatic rings. The SMILES string of the molecule is Oc1cc(Br)ccc1COc1ccccc1F. The number of benzene rings is 2. The highest BCUT2D eigenvalue weighted by Crippen LogP contribution is 2.24. The van der Waals surface area contributed by atoms with Crippen molar-refractivity contribution in [1.29, 1.82) is 0 Å². The molecule has 0 aromatic heterocycles. The summed E-state index contributed by atoms with van der Waals surface area (Å²) in [6, 6.07) is 11.3. The van der Waals surface area contributed by atoms with Gasteiger partial charge in [0.25, 0.3) is 0 Å². The summed E-state index contributed by atoms with van der Waals surface area (Å²) in [5, 5.41) is 9.63. The predicted octanol–water partition coefficient (Wildman–Crippen LogP) is 3.87. The van der Waals surface area contributed by atoms with Crippen LogP contribution >= 0.6 is 15.9 Å². The molecular weight excluding hydrogens is 287 g/mol. The molecule has 88 valence electrons. The summed E-state index contributed by atoms with van der Waals surface area (Å²) in [5.41, 5.74) is 0.608. The van der Waals surface area contributed by atoms with E-state index in [1.165, 1.54) is 6.07 Å². The molecule has 0 heterocycles. The molecule has 0 unspecified atom stereocenters. The molecule has 0 radical (unpaired) electrons. The number of phenols is 1. The molecule has 0 aliphatic heterocycles. The molecule has 2 aromatic carbocycles. The first-order valence-electron chi connectivity index (χ1n) is 5.01. The lowest BCUT2D eigenvalue weighted by atomic mass is 10.2. The van der Waals surface area contributed by atoms with E-state index in [0.717, 1.165) is 4.47 Å². The second-order valence-electron chi connectivity index (χ2n) is 3.49. The van der Waals surface area contributed by atoms with Crippen molar-refractivity contribution in [2.75, 3.05) is 0 Å². The lowest BCUT2D eigenvalue weighted by Gasteiger charge is -2.08. The van der Waals surface area contributed by atoms with Crippen molar-refractivity contribution in [1.82, 2.24) is 0 Å². The molecule has 0 atom stereocenters. The van der Waals surface area contributed by atoms with Gasteiger partial charge in [0.1, 0.15) is 12.4 Å². The van der Waals surface area contributed by atoms with Crippen LogP contribution in [0.25, 0.3) is 0 Å². The fourth-order valence-electron chi connectivity index (χ4n) is 1.38. The zero-order valence-corrected chi connectivity index (χ0v) is 10.4. The van der Waals surface area contributed by atoms with Crippen LogP contribution in [0.4, 0.5) is 4.39 Å². The van der Waals surface area contributed by atoms with Crippen molar-refractivity contribution < 1.29 is 14.2 Å². The van der Waals surface area contributed by atoms with Crippen LogP contribution in [0.3, 0.4) is 0 Å². The molecule has 1 N–H and O–H groups in total. The summed E-state index contributed by atoms with van der Waals surface area (Å²) >= 11 is 3.24. The van der Waals surface area contributed by atoms with Gasteiger partial charge >= 0.3 is 0 Å². The molecule has 17 heavy (non-hydrogen) atoms. The standard InChI is InChI=1S/C13H10BrFO2/c14-10-6-5-9(12(16)7-10)8-17-13-4-2-1-3-11(13)15/h1-7,16H,8H2. The Kier molecular flexibility index (Phi) is 3.64. The van der Waals surface area contributed by atoms with E-state index in [9.17, 15) is 9.50 Å². The fourth-order valence-corrected chi connectivity index (χ4v) is 1.73. The van der Waals surface area contributed by atoms with Gasteiger partial charge in [0.05, 0.1) is 0 Å². The molecule has 0 saturated carbocycles. The van der Waals surface area contributed by atoms with Gasteiger partial charge in [-0.25, -0.2) is 4.39 Å². The second kappa shape index (κ2) is 5.19. The Labute approximate surface area is 107 Å². The minimum Gasteiger partial charge on any atom is -0.507 e. The first kappa shape index (κ1) is 11.9. The summed E-state index contributed by atoms with van der Waals surface area (Å²) in [6.07, 6.45) is 0. The Morgan fingerprint density at radius 3 is 2.65 bits per heavy atom. The summed E-state index contributed by atoms with van der Waals surface area (Å²) in [4.78, 5) is 0. The molecule has 0 aliphatic carbocycles. The molecule has 0 saturated heterocycles. The highest BCUT2D eigenvalue weighted by molar-refractivity contribution is 9.10. The first-order chi connectivity index (χ1) is 8.16. The van der Waals surface area contributed by atoms with Gasteiger partial charge in [0.15, 0.2) is 11.6 Å². The van der Waals surface area contributed by atoms with Gasteiger partial charge in [-0.05, 0) is 24.3 Å². The van der Waals surface area contributed by atoms with Gasteiger partial charge in [-0.15, -0.1) is 0 Å². The normalized spacial score (nSPS) is 10.2. The van der Waals surface area contributed by atoms with Gasteiger partial charge in [-0.3, -0.25) is 0 Å². The molecule has 4 heteroatoms. The average Bonchev–Trinajstić information content (AvgIpc) is 2.30. The van der Waals surface area contributed by atoms with Crippen LogP contribution in [0, 0.1) is 5.82 Å². The number of halogens is 2. The smallest absolute Gasteiger partial charge is 0.165 e. The quantitative estimate of drug-likeness (QED) is 0.931. The average molecular weight is 297 g/mol. The molecule has 0 bridgehead atoms. The summed E-state index contributed by atoms with van der Waals surface area (Å²) < 4.78 is 19.3. The van der Waals surface area contributed by atoms with Crippen LogP contribution in [0.1, 0.15) is 5.56 Å². The Morgan fingerprint density at radius 1 is 1.18 bits per heavy atom. The summed E-state index contributed by atoms with van der Waals surface area (Å²) in [6.45, 7) is 0.125. The first-order valence-corrected chi connectivity index (χ1v) is 5.81. The van der Waals surface area contributed by atoms with E-state index in [1.54, 1.807) is 36.4 Å². The lowest BCUT2D eigenvalue weighted by Crippen LogP contribution is -1.97. The maximum absolute atomic E-state index is 13.3. The topological polar surface area (TPSA) is 29.5 Å². The van der Waals surface area contributed by atoms with Crippen LogP contribution < -0.4 is 4.74 Å². The van der Waals surface area contributed by atoms with Gasteiger partial charge in [0, 0.05) is 10.0 Å². The predicted molar refractivity (Wildman–Crippen MR) is 66.5 cm³/mol. The van der Waals surface area contributed by atoms with E-state index in [-0.39, 0.29) is 18.1 Å². The van der Waals surface area contributed by atoms with Crippen molar-refractivity contribution >= 4 is 15.9 Å². The number of phenolic OH excluding ortho intramolecular Hbond substituents is 1. The fraction of sp³-hybridized carbons (Fsp3) is 0.0769. The molecule has 0 amide bonds. The van der Waals surface area contributed by atoms with Crippen LogP contribution in [-0.2, 0) is 6.61 Å². The third-order valence-electron chi connectivity index (χ3n) is 2.27. The Morgan fingerprint density at radius 2 is 1.94 bits per heavy atom. The third kappa shape index (κ3) is 2.97. The Balaban J connectivity index is 2.10. The molecular formula is C13H10BrFO2.